The Bertz CT molecular complexity index is 326. The molecule has 4 heteroatoms. The average Bonchev–Trinajstić information content (AvgIpc) is 3.06. The quantitative estimate of drug-likeness (QED) is 0.710. The molecule has 2 fully saturated rings. The minimum absolute atomic E-state index is 0.205. The van der Waals surface area contributed by atoms with Gasteiger partial charge in [-0.15, -0.1) is 0 Å². The molecule has 18 heavy (non-hydrogen) atoms. The van der Waals surface area contributed by atoms with E-state index >= 15 is 0 Å². The molecular formula is C14H23NO3. The number of carbonyl (C=O) groups excluding carboxylic acids is 2. The van der Waals surface area contributed by atoms with E-state index in [2.05, 4.69) is 0 Å². The Morgan fingerprint density at radius 2 is 1.89 bits per heavy atom. The van der Waals surface area contributed by atoms with Crippen LogP contribution < -0.4 is 0 Å². The van der Waals surface area contributed by atoms with Crippen molar-refractivity contribution in [3.8, 4) is 0 Å². The summed E-state index contributed by atoms with van der Waals surface area (Å²) >= 11 is 0. The number of ether oxygens (including phenoxy) is 1. The number of rotatable bonds is 2. The number of likely N-dealkylation sites (tertiary alicyclic amines) is 1. The van der Waals surface area contributed by atoms with Crippen LogP contribution in [0.25, 0.3) is 0 Å². The number of amides is 1. The molecule has 4 nitrogen and oxygen atoms in total. The van der Waals surface area contributed by atoms with Crippen molar-refractivity contribution in [2.45, 2.75) is 45.6 Å². The molecule has 1 heterocycles. The van der Waals surface area contributed by atoms with Gasteiger partial charge in [0.2, 0.25) is 0 Å². The fourth-order valence-electron chi connectivity index (χ4n) is 2.77. The molecule has 0 bridgehead atoms. The molecule has 1 amide bonds. The van der Waals surface area contributed by atoms with Crippen LogP contribution >= 0.6 is 0 Å². The Morgan fingerprint density at radius 1 is 1.28 bits per heavy atom. The van der Waals surface area contributed by atoms with Crippen LogP contribution in [0, 0.1) is 17.8 Å². The lowest BCUT2D eigenvalue weighted by Crippen LogP contribution is -2.42. The summed E-state index contributed by atoms with van der Waals surface area (Å²) in [5, 5.41) is 0. The van der Waals surface area contributed by atoms with Crippen LogP contribution in [-0.2, 0) is 9.53 Å². The summed E-state index contributed by atoms with van der Waals surface area (Å²) in [5.74, 6) is 1.50. The van der Waals surface area contributed by atoms with Crippen molar-refractivity contribution in [2.75, 3.05) is 13.1 Å². The van der Waals surface area contributed by atoms with Crippen LogP contribution in [-0.4, -0.2) is 36.0 Å². The number of hydrogen-bond acceptors (Lipinski definition) is 3. The zero-order chi connectivity index (χ0) is 13.3. The topological polar surface area (TPSA) is 46.6 Å². The van der Waals surface area contributed by atoms with Gasteiger partial charge in [-0.1, -0.05) is 0 Å². The van der Waals surface area contributed by atoms with Crippen molar-refractivity contribution in [1.29, 1.82) is 0 Å². The lowest BCUT2D eigenvalue weighted by Gasteiger charge is -2.33. The normalized spacial score (nSPS) is 28.9. The van der Waals surface area contributed by atoms with Gasteiger partial charge in [0.15, 0.2) is 0 Å². The predicted molar refractivity (Wildman–Crippen MR) is 68.2 cm³/mol. The maximum absolute atomic E-state index is 11.9. The highest BCUT2D eigenvalue weighted by Crippen LogP contribution is 2.46. The standard InChI is InChI=1S/C14H23NO3/c1-14(2,3)18-13(17)15-6-4-10(5-7-15)12-8-11(12)9-16/h9-12H,4-8H2,1-3H3/t11-,12-/m1/s1. The Kier molecular flexibility index (Phi) is 3.64. The van der Waals surface area contributed by atoms with E-state index in [1.54, 1.807) is 4.90 Å². The molecule has 0 aromatic rings. The summed E-state index contributed by atoms with van der Waals surface area (Å²) in [5.41, 5.74) is -0.424. The van der Waals surface area contributed by atoms with Gasteiger partial charge in [-0.25, -0.2) is 4.79 Å². The molecular weight excluding hydrogens is 230 g/mol. The lowest BCUT2D eigenvalue weighted by atomic mass is 9.91. The van der Waals surface area contributed by atoms with Gasteiger partial charge in [-0.2, -0.15) is 0 Å². The third-order valence-corrected chi connectivity index (χ3v) is 3.86. The van der Waals surface area contributed by atoms with Gasteiger partial charge in [0.05, 0.1) is 0 Å². The highest BCUT2D eigenvalue weighted by atomic mass is 16.6. The Labute approximate surface area is 109 Å². The molecule has 2 rings (SSSR count). The Hall–Kier alpha value is -1.06. The molecule has 0 unspecified atom stereocenters. The summed E-state index contributed by atoms with van der Waals surface area (Å²) in [6, 6.07) is 0. The van der Waals surface area contributed by atoms with E-state index in [0.29, 0.717) is 17.8 Å². The van der Waals surface area contributed by atoms with Crippen LogP contribution in [0.2, 0.25) is 0 Å². The van der Waals surface area contributed by atoms with E-state index in [-0.39, 0.29) is 6.09 Å². The second-order valence-electron chi connectivity index (χ2n) is 6.50. The van der Waals surface area contributed by atoms with Crippen molar-refractivity contribution in [3.05, 3.63) is 0 Å². The molecule has 0 aromatic heterocycles. The Morgan fingerprint density at radius 3 is 2.33 bits per heavy atom. The van der Waals surface area contributed by atoms with Crippen LogP contribution in [0.15, 0.2) is 0 Å². The zero-order valence-electron chi connectivity index (χ0n) is 11.5. The predicted octanol–water partition coefficient (Wildman–Crippen LogP) is 2.47. The fraction of sp³-hybridized carbons (Fsp3) is 0.857. The monoisotopic (exact) mass is 253 g/mol. The summed E-state index contributed by atoms with van der Waals surface area (Å²) in [6.45, 7) is 7.19. The van der Waals surface area contributed by atoms with Crippen molar-refractivity contribution in [1.82, 2.24) is 4.90 Å². The molecule has 0 spiro atoms. The molecule has 1 saturated heterocycles. The van der Waals surface area contributed by atoms with Gasteiger partial charge in [-0.3, -0.25) is 0 Å². The van der Waals surface area contributed by atoms with E-state index in [0.717, 1.165) is 38.6 Å². The van der Waals surface area contributed by atoms with Gasteiger partial charge in [0.1, 0.15) is 11.9 Å². The van der Waals surface area contributed by atoms with Gasteiger partial charge < -0.3 is 14.4 Å². The minimum atomic E-state index is -0.424. The summed E-state index contributed by atoms with van der Waals surface area (Å²) in [4.78, 5) is 24.3. The van der Waals surface area contributed by atoms with Gasteiger partial charge in [-0.05, 0) is 51.9 Å². The Balaban J connectivity index is 1.76. The van der Waals surface area contributed by atoms with Crippen LogP contribution in [0.4, 0.5) is 4.79 Å². The third-order valence-electron chi connectivity index (χ3n) is 3.86. The molecule has 102 valence electrons. The van der Waals surface area contributed by atoms with Crippen molar-refractivity contribution in [3.63, 3.8) is 0 Å². The van der Waals surface area contributed by atoms with Crippen LogP contribution in [0.5, 0.6) is 0 Å². The summed E-state index contributed by atoms with van der Waals surface area (Å²) in [6.07, 6.45) is 3.96. The summed E-state index contributed by atoms with van der Waals surface area (Å²) in [7, 11) is 0. The van der Waals surface area contributed by atoms with Gasteiger partial charge in [0.25, 0.3) is 0 Å². The molecule has 1 aliphatic heterocycles. The second kappa shape index (κ2) is 4.90. The SMILES string of the molecule is CC(C)(C)OC(=O)N1CCC([C@H]2C[C@@H]2C=O)CC1. The first-order valence-corrected chi connectivity index (χ1v) is 6.84. The molecule has 2 atom stereocenters. The second-order valence-corrected chi connectivity index (χ2v) is 6.50. The first-order valence-electron chi connectivity index (χ1n) is 6.84. The van der Waals surface area contributed by atoms with Crippen molar-refractivity contribution >= 4 is 12.4 Å². The molecule has 0 radical (unpaired) electrons. The van der Waals surface area contributed by atoms with Gasteiger partial charge in [0, 0.05) is 19.0 Å². The van der Waals surface area contributed by atoms with E-state index in [4.69, 9.17) is 4.74 Å². The maximum atomic E-state index is 11.9. The van der Waals surface area contributed by atoms with E-state index in [1.165, 1.54) is 0 Å². The first kappa shape index (κ1) is 13.4. The molecule has 2 aliphatic rings. The fourth-order valence-corrected chi connectivity index (χ4v) is 2.77. The van der Waals surface area contributed by atoms with Crippen LogP contribution in [0.3, 0.4) is 0 Å². The van der Waals surface area contributed by atoms with E-state index in [9.17, 15) is 9.59 Å². The largest absolute Gasteiger partial charge is 0.444 e. The van der Waals surface area contributed by atoms with Crippen molar-refractivity contribution < 1.29 is 14.3 Å². The highest BCUT2D eigenvalue weighted by Gasteiger charge is 2.43. The number of carbonyl (C=O) groups is 2. The average molecular weight is 253 g/mol. The molecule has 0 aromatic carbocycles. The maximum Gasteiger partial charge on any atom is 0.410 e. The highest BCUT2D eigenvalue weighted by molar-refractivity contribution is 5.68. The molecule has 1 saturated carbocycles. The third kappa shape index (κ3) is 3.24. The first-order chi connectivity index (χ1) is 8.40. The van der Waals surface area contributed by atoms with Crippen molar-refractivity contribution in [2.24, 2.45) is 17.8 Å². The number of hydrogen-bond donors (Lipinski definition) is 0. The number of piperidine rings is 1. The van der Waals surface area contributed by atoms with E-state index in [1.807, 2.05) is 20.8 Å². The smallest absolute Gasteiger partial charge is 0.410 e. The minimum Gasteiger partial charge on any atom is -0.444 e. The number of aldehydes is 1. The number of nitrogens with zero attached hydrogens (tertiary/aromatic N) is 1. The van der Waals surface area contributed by atoms with Crippen LogP contribution in [0.1, 0.15) is 40.0 Å². The summed E-state index contributed by atoms with van der Waals surface area (Å²) < 4.78 is 5.36. The lowest BCUT2D eigenvalue weighted by molar-refractivity contribution is -0.109. The zero-order valence-corrected chi connectivity index (χ0v) is 11.5. The molecule has 1 aliphatic carbocycles. The molecule has 0 N–H and O–H groups in total. The van der Waals surface area contributed by atoms with Gasteiger partial charge >= 0.3 is 6.09 Å². The van der Waals surface area contributed by atoms with E-state index < -0.39 is 5.60 Å².